The number of hydrogen-bond acceptors (Lipinski definition) is 3. The lowest BCUT2D eigenvalue weighted by molar-refractivity contribution is 0.102. The molecule has 0 spiro atoms. The Morgan fingerprint density at radius 2 is 1.92 bits per heavy atom. The number of carbonyl (C=O) groups excluding carboxylic acids is 1. The first kappa shape index (κ1) is 16.5. The molecular weight excluding hydrogens is 298 g/mol. The Bertz CT molecular complexity index is 696. The molecule has 126 valence electrons. The number of rotatable bonds is 4. The molecule has 2 aromatic carbocycles. The van der Waals surface area contributed by atoms with Crippen LogP contribution < -0.4 is 11.1 Å². The quantitative estimate of drug-likeness (QED) is 0.839. The van der Waals surface area contributed by atoms with E-state index in [9.17, 15) is 4.79 Å². The SMILES string of the molecule is CC1CCCCN1Cc1ccc(NC(=O)c2ccccc2N)cc1. The number of nitrogens with zero attached hydrogens (tertiary/aromatic N) is 1. The number of benzene rings is 2. The van der Waals surface area contributed by atoms with Gasteiger partial charge in [0.2, 0.25) is 0 Å². The van der Waals surface area contributed by atoms with Crippen molar-refractivity contribution in [2.24, 2.45) is 0 Å². The first-order valence-electron chi connectivity index (χ1n) is 8.62. The highest BCUT2D eigenvalue weighted by molar-refractivity contribution is 6.07. The summed E-state index contributed by atoms with van der Waals surface area (Å²) in [7, 11) is 0. The minimum atomic E-state index is -0.175. The van der Waals surface area contributed by atoms with E-state index in [4.69, 9.17) is 5.73 Å². The molecule has 1 atom stereocenters. The third-order valence-corrected chi connectivity index (χ3v) is 4.74. The summed E-state index contributed by atoms with van der Waals surface area (Å²) in [6.07, 6.45) is 3.91. The zero-order chi connectivity index (χ0) is 16.9. The van der Waals surface area contributed by atoms with Crippen LogP contribution in [0.5, 0.6) is 0 Å². The maximum Gasteiger partial charge on any atom is 0.257 e. The molecule has 4 nitrogen and oxygen atoms in total. The fourth-order valence-corrected chi connectivity index (χ4v) is 3.22. The zero-order valence-electron chi connectivity index (χ0n) is 14.2. The van der Waals surface area contributed by atoms with Crippen molar-refractivity contribution < 1.29 is 4.79 Å². The van der Waals surface area contributed by atoms with Crippen LogP contribution in [-0.2, 0) is 6.54 Å². The summed E-state index contributed by atoms with van der Waals surface area (Å²) in [6, 6.07) is 15.9. The van der Waals surface area contributed by atoms with Gasteiger partial charge in [-0.15, -0.1) is 0 Å². The molecular formula is C20H25N3O. The molecule has 1 saturated heterocycles. The van der Waals surface area contributed by atoms with Gasteiger partial charge >= 0.3 is 0 Å². The lowest BCUT2D eigenvalue weighted by atomic mass is 10.0. The normalized spacial score (nSPS) is 18.3. The van der Waals surface area contributed by atoms with E-state index in [1.54, 1.807) is 12.1 Å². The molecule has 1 fully saturated rings. The Kier molecular flexibility index (Phi) is 5.16. The number of anilines is 2. The highest BCUT2D eigenvalue weighted by Gasteiger charge is 2.18. The Morgan fingerprint density at radius 1 is 1.17 bits per heavy atom. The van der Waals surface area contributed by atoms with Gasteiger partial charge in [-0.2, -0.15) is 0 Å². The molecule has 3 N–H and O–H groups in total. The van der Waals surface area contributed by atoms with Crippen LogP contribution >= 0.6 is 0 Å². The van der Waals surface area contributed by atoms with E-state index in [1.807, 2.05) is 24.3 Å². The lowest BCUT2D eigenvalue weighted by Crippen LogP contribution is -2.36. The molecule has 1 aliphatic heterocycles. The molecule has 1 amide bonds. The molecule has 0 saturated carbocycles. The van der Waals surface area contributed by atoms with Gasteiger partial charge in [-0.3, -0.25) is 9.69 Å². The average Bonchev–Trinajstić information content (AvgIpc) is 2.59. The van der Waals surface area contributed by atoms with Crippen LogP contribution in [0.15, 0.2) is 48.5 Å². The van der Waals surface area contributed by atoms with Gasteiger partial charge in [0.15, 0.2) is 0 Å². The lowest BCUT2D eigenvalue weighted by Gasteiger charge is -2.33. The predicted molar refractivity (Wildman–Crippen MR) is 99.0 cm³/mol. The van der Waals surface area contributed by atoms with Crippen LogP contribution in [0.2, 0.25) is 0 Å². The second-order valence-electron chi connectivity index (χ2n) is 6.55. The molecule has 24 heavy (non-hydrogen) atoms. The summed E-state index contributed by atoms with van der Waals surface area (Å²) in [5, 5.41) is 2.91. The number of para-hydroxylation sites is 1. The summed E-state index contributed by atoms with van der Waals surface area (Å²) in [4.78, 5) is 14.8. The molecule has 0 aliphatic carbocycles. The molecule has 1 heterocycles. The monoisotopic (exact) mass is 323 g/mol. The molecule has 1 aliphatic rings. The Labute approximate surface area is 143 Å². The van der Waals surface area contributed by atoms with Gasteiger partial charge in [-0.1, -0.05) is 30.7 Å². The van der Waals surface area contributed by atoms with E-state index in [0.29, 0.717) is 17.3 Å². The maximum absolute atomic E-state index is 12.3. The summed E-state index contributed by atoms with van der Waals surface area (Å²) in [6.45, 7) is 4.45. The zero-order valence-corrected chi connectivity index (χ0v) is 14.2. The van der Waals surface area contributed by atoms with E-state index in [1.165, 1.54) is 31.4 Å². The van der Waals surface area contributed by atoms with Crippen molar-refractivity contribution in [2.45, 2.75) is 38.8 Å². The van der Waals surface area contributed by atoms with Crippen molar-refractivity contribution >= 4 is 17.3 Å². The number of hydrogen-bond donors (Lipinski definition) is 2. The highest BCUT2D eigenvalue weighted by atomic mass is 16.1. The van der Waals surface area contributed by atoms with Gasteiger partial charge < -0.3 is 11.1 Å². The van der Waals surface area contributed by atoms with Crippen LogP contribution in [0.3, 0.4) is 0 Å². The second kappa shape index (κ2) is 7.49. The summed E-state index contributed by atoms with van der Waals surface area (Å²) < 4.78 is 0. The smallest absolute Gasteiger partial charge is 0.257 e. The summed E-state index contributed by atoms with van der Waals surface area (Å²) in [5.74, 6) is -0.175. The number of carbonyl (C=O) groups is 1. The average molecular weight is 323 g/mol. The van der Waals surface area contributed by atoms with Gasteiger partial charge in [-0.05, 0) is 56.1 Å². The first-order valence-corrected chi connectivity index (χ1v) is 8.62. The molecule has 0 aromatic heterocycles. The largest absolute Gasteiger partial charge is 0.398 e. The van der Waals surface area contributed by atoms with Crippen molar-refractivity contribution in [3.63, 3.8) is 0 Å². The third-order valence-electron chi connectivity index (χ3n) is 4.74. The van der Waals surface area contributed by atoms with E-state index < -0.39 is 0 Å². The Balaban J connectivity index is 1.62. The van der Waals surface area contributed by atoms with Crippen molar-refractivity contribution in [3.05, 3.63) is 59.7 Å². The van der Waals surface area contributed by atoms with E-state index in [-0.39, 0.29) is 5.91 Å². The van der Waals surface area contributed by atoms with Crippen molar-refractivity contribution in [1.82, 2.24) is 4.90 Å². The van der Waals surface area contributed by atoms with Crippen molar-refractivity contribution in [2.75, 3.05) is 17.6 Å². The number of likely N-dealkylation sites (tertiary alicyclic amines) is 1. The second-order valence-corrected chi connectivity index (χ2v) is 6.55. The minimum absolute atomic E-state index is 0.175. The Hall–Kier alpha value is -2.33. The Morgan fingerprint density at radius 3 is 2.62 bits per heavy atom. The number of nitrogens with two attached hydrogens (primary N) is 1. The molecule has 0 bridgehead atoms. The number of nitrogens with one attached hydrogen (secondary N) is 1. The maximum atomic E-state index is 12.3. The van der Waals surface area contributed by atoms with Crippen molar-refractivity contribution in [3.8, 4) is 0 Å². The first-order chi connectivity index (χ1) is 11.6. The molecule has 1 unspecified atom stereocenters. The fourth-order valence-electron chi connectivity index (χ4n) is 3.22. The van der Waals surface area contributed by atoms with Crippen LogP contribution in [0, 0.1) is 0 Å². The number of piperidine rings is 1. The predicted octanol–water partition coefficient (Wildman–Crippen LogP) is 3.90. The van der Waals surface area contributed by atoms with E-state index >= 15 is 0 Å². The van der Waals surface area contributed by atoms with Crippen LogP contribution in [0.25, 0.3) is 0 Å². The van der Waals surface area contributed by atoms with Crippen LogP contribution in [0.1, 0.15) is 42.1 Å². The standard InChI is InChI=1S/C20H25N3O/c1-15-6-4-5-13-23(15)14-16-9-11-17(12-10-16)22-20(24)18-7-2-3-8-19(18)21/h2-3,7-12,15H,4-6,13-14,21H2,1H3,(H,22,24). The van der Waals surface area contributed by atoms with E-state index in [0.717, 1.165) is 12.2 Å². The summed E-state index contributed by atoms with van der Waals surface area (Å²) >= 11 is 0. The van der Waals surface area contributed by atoms with Gasteiger partial charge in [-0.25, -0.2) is 0 Å². The van der Waals surface area contributed by atoms with Crippen molar-refractivity contribution in [1.29, 1.82) is 0 Å². The van der Waals surface area contributed by atoms with Gasteiger partial charge in [0, 0.05) is 24.0 Å². The third kappa shape index (κ3) is 3.95. The number of amides is 1. The van der Waals surface area contributed by atoms with Gasteiger partial charge in [0.05, 0.1) is 5.56 Å². The highest BCUT2D eigenvalue weighted by Crippen LogP contribution is 2.20. The molecule has 0 radical (unpaired) electrons. The van der Waals surface area contributed by atoms with E-state index in [2.05, 4.69) is 29.3 Å². The summed E-state index contributed by atoms with van der Waals surface area (Å²) in [5.41, 5.74) is 8.91. The fraction of sp³-hybridized carbons (Fsp3) is 0.350. The van der Waals surface area contributed by atoms with Crippen LogP contribution in [0.4, 0.5) is 11.4 Å². The molecule has 4 heteroatoms. The van der Waals surface area contributed by atoms with Gasteiger partial charge in [0.1, 0.15) is 0 Å². The number of nitrogen functional groups attached to an aromatic ring is 1. The van der Waals surface area contributed by atoms with Crippen LogP contribution in [-0.4, -0.2) is 23.4 Å². The topological polar surface area (TPSA) is 58.4 Å². The van der Waals surface area contributed by atoms with Gasteiger partial charge in [0.25, 0.3) is 5.91 Å². The minimum Gasteiger partial charge on any atom is -0.398 e. The molecule has 2 aromatic rings. The molecule has 3 rings (SSSR count).